The molecular weight excluding hydrogens is 389 g/mol. The van der Waals surface area contributed by atoms with Gasteiger partial charge in [0.15, 0.2) is 0 Å². The van der Waals surface area contributed by atoms with Crippen LogP contribution in [-0.2, 0) is 9.59 Å². The SMILES string of the molecule is COc1cc(Cl)c(C)cc1NC(=O)C1=CCC(=O)N(c2ccc(Cl)cc2)N1. The normalized spacial score (nSPS) is 13.7. The number of halogens is 2. The number of carbonyl (C=O) groups excluding carboxylic acids is 2. The van der Waals surface area contributed by atoms with E-state index in [0.717, 1.165) is 5.56 Å². The Balaban J connectivity index is 1.80. The van der Waals surface area contributed by atoms with Crippen LogP contribution >= 0.6 is 23.2 Å². The van der Waals surface area contributed by atoms with Crippen LogP contribution in [0.1, 0.15) is 12.0 Å². The first-order valence-electron chi connectivity index (χ1n) is 8.10. The second kappa shape index (κ2) is 7.90. The van der Waals surface area contributed by atoms with Crippen molar-refractivity contribution in [1.82, 2.24) is 5.43 Å². The molecule has 2 N–H and O–H groups in total. The Morgan fingerprint density at radius 3 is 2.59 bits per heavy atom. The molecule has 0 saturated carbocycles. The van der Waals surface area contributed by atoms with E-state index in [-0.39, 0.29) is 18.0 Å². The van der Waals surface area contributed by atoms with Crippen molar-refractivity contribution in [3.8, 4) is 5.75 Å². The van der Waals surface area contributed by atoms with Crippen molar-refractivity contribution in [2.24, 2.45) is 0 Å². The molecule has 27 heavy (non-hydrogen) atoms. The van der Waals surface area contributed by atoms with Gasteiger partial charge in [0.25, 0.3) is 5.91 Å². The number of hydrogen-bond acceptors (Lipinski definition) is 4. The van der Waals surface area contributed by atoms with E-state index in [1.165, 1.54) is 12.1 Å². The van der Waals surface area contributed by atoms with E-state index in [4.69, 9.17) is 27.9 Å². The molecule has 140 valence electrons. The standard InChI is InChI=1S/C19H17Cl2N3O3/c1-11-9-16(17(27-2)10-14(11)21)22-19(26)15-7-8-18(25)24(23-15)13-5-3-12(20)4-6-13/h3-7,9-10,23H,8H2,1-2H3,(H,22,26). The molecule has 0 atom stereocenters. The highest BCUT2D eigenvalue weighted by Gasteiger charge is 2.24. The van der Waals surface area contributed by atoms with E-state index in [2.05, 4.69) is 10.7 Å². The topological polar surface area (TPSA) is 70.7 Å². The number of rotatable bonds is 4. The Bertz CT molecular complexity index is 927. The van der Waals surface area contributed by atoms with Gasteiger partial charge in [0.05, 0.1) is 18.5 Å². The fraction of sp³-hybridized carbons (Fsp3) is 0.158. The van der Waals surface area contributed by atoms with Crippen molar-refractivity contribution < 1.29 is 14.3 Å². The van der Waals surface area contributed by atoms with Crippen molar-refractivity contribution in [2.75, 3.05) is 17.4 Å². The minimum atomic E-state index is -0.401. The molecule has 2 aromatic rings. The highest BCUT2D eigenvalue weighted by molar-refractivity contribution is 6.31. The van der Waals surface area contributed by atoms with Crippen LogP contribution in [0.3, 0.4) is 0 Å². The van der Waals surface area contributed by atoms with Crippen LogP contribution in [0.15, 0.2) is 48.2 Å². The van der Waals surface area contributed by atoms with Gasteiger partial charge in [0.2, 0.25) is 5.91 Å². The fourth-order valence-electron chi connectivity index (χ4n) is 2.57. The fourth-order valence-corrected chi connectivity index (χ4v) is 2.85. The monoisotopic (exact) mass is 405 g/mol. The molecule has 0 radical (unpaired) electrons. The number of aryl methyl sites for hydroxylation is 1. The van der Waals surface area contributed by atoms with Gasteiger partial charge in [-0.1, -0.05) is 23.2 Å². The third kappa shape index (κ3) is 4.18. The molecule has 1 aliphatic heterocycles. The van der Waals surface area contributed by atoms with Gasteiger partial charge in [-0.25, -0.2) is 5.01 Å². The third-order valence-electron chi connectivity index (χ3n) is 4.02. The summed E-state index contributed by atoms with van der Waals surface area (Å²) >= 11 is 12.0. The molecule has 0 spiro atoms. The molecule has 3 rings (SSSR count). The number of hydrogen-bond donors (Lipinski definition) is 2. The number of hydrazine groups is 1. The molecule has 0 unspecified atom stereocenters. The van der Waals surface area contributed by atoms with E-state index >= 15 is 0 Å². The molecule has 1 aliphatic rings. The van der Waals surface area contributed by atoms with Gasteiger partial charge < -0.3 is 10.1 Å². The van der Waals surface area contributed by atoms with Gasteiger partial charge in [-0.2, -0.15) is 0 Å². The second-order valence-electron chi connectivity index (χ2n) is 5.90. The number of nitrogens with one attached hydrogen (secondary N) is 2. The average Bonchev–Trinajstić information content (AvgIpc) is 2.65. The summed E-state index contributed by atoms with van der Waals surface area (Å²) in [5.41, 5.74) is 4.97. The summed E-state index contributed by atoms with van der Waals surface area (Å²) in [6.07, 6.45) is 1.63. The molecule has 8 heteroatoms. The Morgan fingerprint density at radius 1 is 1.22 bits per heavy atom. The number of amides is 2. The lowest BCUT2D eigenvalue weighted by Gasteiger charge is -2.28. The van der Waals surface area contributed by atoms with Crippen LogP contribution in [-0.4, -0.2) is 18.9 Å². The van der Waals surface area contributed by atoms with Crippen LogP contribution in [0.5, 0.6) is 5.75 Å². The number of nitrogens with zero attached hydrogens (tertiary/aromatic N) is 1. The van der Waals surface area contributed by atoms with Gasteiger partial charge in [0.1, 0.15) is 11.4 Å². The first-order valence-corrected chi connectivity index (χ1v) is 8.85. The molecule has 6 nitrogen and oxygen atoms in total. The summed E-state index contributed by atoms with van der Waals surface area (Å²) in [4.78, 5) is 24.9. The average molecular weight is 406 g/mol. The maximum Gasteiger partial charge on any atom is 0.273 e. The maximum absolute atomic E-state index is 12.7. The Kier molecular flexibility index (Phi) is 5.58. The number of benzene rings is 2. The van der Waals surface area contributed by atoms with Crippen LogP contribution in [0.25, 0.3) is 0 Å². The third-order valence-corrected chi connectivity index (χ3v) is 4.68. The summed E-state index contributed by atoms with van der Waals surface area (Å²) in [6, 6.07) is 10.1. The van der Waals surface area contributed by atoms with Gasteiger partial charge in [0, 0.05) is 22.5 Å². The van der Waals surface area contributed by atoms with Gasteiger partial charge >= 0.3 is 0 Å². The second-order valence-corrected chi connectivity index (χ2v) is 6.74. The summed E-state index contributed by atoms with van der Waals surface area (Å²) in [5, 5.41) is 5.20. The predicted octanol–water partition coefficient (Wildman–Crippen LogP) is 4.07. The predicted molar refractivity (Wildman–Crippen MR) is 106 cm³/mol. The van der Waals surface area contributed by atoms with E-state index in [9.17, 15) is 9.59 Å². The van der Waals surface area contributed by atoms with Gasteiger partial charge in [-0.3, -0.25) is 15.0 Å². The molecule has 0 aliphatic carbocycles. The van der Waals surface area contributed by atoms with E-state index in [1.54, 1.807) is 42.5 Å². The molecule has 0 aromatic heterocycles. The van der Waals surface area contributed by atoms with Crippen molar-refractivity contribution in [3.63, 3.8) is 0 Å². The highest BCUT2D eigenvalue weighted by Crippen LogP contribution is 2.31. The first-order chi connectivity index (χ1) is 12.9. The number of ether oxygens (including phenoxy) is 1. The van der Waals surface area contributed by atoms with Crippen LogP contribution in [0.4, 0.5) is 11.4 Å². The molecule has 0 saturated heterocycles. The smallest absolute Gasteiger partial charge is 0.273 e. The molecule has 0 fully saturated rings. The first kappa shape index (κ1) is 19.1. The molecular formula is C19H17Cl2N3O3. The van der Waals surface area contributed by atoms with E-state index < -0.39 is 5.91 Å². The minimum absolute atomic E-state index is 0.0924. The number of anilines is 2. The summed E-state index contributed by atoms with van der Waals surface area (Å²) < 4.78 is 5.27. The zero-order chi connectivity index (χ0) is 19.6. The number of methoxy groups -OCH3 is 1. The van der Waals surface area contributed by atoms with Crippen molar-refractivity contribution >= 4 is 46.4 Å². The van der Waals surface area contributed by atoms with E-state index in [1.807, 2.05) is 6.92 Å². The largest absolute Gasteiger partial charge is 0.495 e. The van der Waals surface area contributed by atoms with Crippen molar-refractivity contribution in [2.45, 2.75) is 13.3 Å². The number of carbonyl (C=O) groups is 2. The zero-order valence-electron chi connectivity index (χ0n) is 14.7. The van der Waals surface area contributed by atoms with Crippen LogP contribution in [0, 0.1) is 6.92 Å². The summed E-state index contributed by atoms with van der Waals surface area (Å²) in [5.74, 6) is -0.142. The quantitative estimate of drug-likeness (QED) is 0.803. The van der Waals surface area contributed by atoms with Crippen LogP contribution < -0.4 is 20.5 Å². The Labute approximate surface area is 166 Å². The minimum Gasteiger partial charge on any atom is -0.495 e. The lowest BCUT2D eigenvalue weighted by atomic mass is 10.2. The van der Waals surface area contributed by atoms with Gasteiger partial charge in [-0.05, 0) is 48.9 Å². The molecule has 0 bridgehead atoms. The van der Waals surface area contributed by atoms with Gasteiger partial charge in [-0.15, -0.1) is 0 Å². The summed E-state index contributed by atoms with van der Waals surface area (Å²) in [6.45, 7) is 1.83. The van der Waals surface area contributed by atoms with Crippen molar-refractivity contribution in [1.29, 1.82) is 0 Å². The zero-order valence-corrected chi connectivity index (χ0v) is 16.2. The maximum atomic E-state index is 12.7. The molecule has 1 heterocycles. The van der Waals surface area contributed by atoms with Crippen molar-refractivity contribution in [3.05, 3.63) is 63.8 Å². The van der Waals surface area contributed by atoms with Crippen LogP contribution in [0.2, 0.25) is 10.0 Å². The van der Waals surface area contributed by atoms with E-state index in [0.29, 0.717) is 27.2 Å². The Hall–Kier alpha value is -2.70. The summed E-state index contributed by atoms with van der Waals surface area (Å²) in [7, 11) is 1.50. The molecule has 2 amide bonds. The lowest BCUT2D eigenvalue weighted by molar-refractivity contribution is -0.119. The lowest BCUT2D eigenvalue weighted by Crippen LogP contribution is -2.47. The molecule has 2 aromatic carbocycles. The Morgan fingerprint density at radius 2 is 1.93 bits per heavy atom. The highest BCUT2D eigenvalue weighted by atomic mass is 35.5.